The van der Waals surface area contributed by atoms with Crippen LogP contribution in [0.25, 0.3) is 0 Å². The molecule has 6 nitrogen and oxygen atoms in total. The molecule has 17 heavy (non-hydrogen) atoms. The van der Waals surface area contributed by atoms with Crippen LogP contribution in [0.15, 0.2) is 24.3 Å². The van der Waals surface area contributed by atoms with Gasteiger partial charge >= 0.3 is 6.16 Å². The first-order valence-corrected chi connectivity index (χ1v) is 5.24. The second-order valence-corrected chi connectivity index (χ2v) is 3.59. The molecule has 1 atom stereocenters. The zero-order valence-electron chi connectivity index (χ0n) is 9.09. The summed E-state index contributed by atoms with van der Waals surface area (Å²) in [5.41, 5.74) is 2.49. The Morgan fingerprint density at radius 2 is 2.18 bits per heavy atom. The van der Waals surface area contributed by atoms with Crippen LogP contribution in [0, 0.1) is 0 Å². The summed E-state index contributed by atoms with van der Waals surface area (Å²) in [6.07, 6.45) is -0.270. The van der Waals surface area contributed by atoms with Crippen LogP contribution in [0.5, 0.6) is 5.75 Å². The van der Waals surface area contributed by atoms with Crippen molar-refractivity contribution in [2.45, 2.75) is 12.5 Å². The quantitative estimate of drug-likeness (QED) is 0.475. The van der Waals surface area contributed by atoms with Crippen molar-refractivity contribution >= 4 is 11.8 Å². The number of ether oxygens (including phenoxy) is 3. The van der Waals surface area contributed by atoms with Crippen LogP contribution < -0.4 is 10.2 Å². The average Bonchev–Trinajstić information content (AvgIpc) is 2.82. The smallest absolute Gasteiger partial charge is 0.428 e. The maximum atomic E-state index is 11.4. The Labute approximate surface area is 98.1 Å². The number of anilines is 1. The van der Waals surface area contributed by atoms with Crippen molar-refractivity contribution in [3.8, 4) is 5.75 Å². The molecule has 0 amide bonds. The van der Waals surface area contributed by atoms with Crippen molar-refractivity contribution in [3.63, 3.8) is 0 Å². The van der Waals surface area contributed by atoms with Crippen LogP contribution in [0.2, 0.25) is 0 Å². The molecule has 1 aliphatic heterocycles. The van der Waals surface area contributed by atoms with E-state index in [2.05, 4.69) is 0 Å². The highest BCUT2D eigenvalue weighted by Gasteiger charge is 2.20. The minimum atomic E-state index is -0.745. The predicted octanol–water partition coefficient (Wildman–Crippen LogP) is 1.79. The summed E-state index contributed by atoms with van der Waals surface area (Å²) in [5.74, 6) is 0.355. The molecule has 2 rings (SSSR count). The Balaban J connectivity index is 1.84. The fourth-order valence-corrected chi connectivity index (χ4v) is 1.46. The van der Waals surface area contributed by atoms with Gasteiger partial charge in [-0.1, -0.05) is 0 Å². The van der Waals surface area contributed by atoms with E-state index in [1.807, 2.05) is 5.48 Å². The van der Waals surface area contributed by atoms with Crippen molar-refractivity contribution < 1.29 is 24.2 Å². The van der Waals surface area contributed by atoms with Crippen LogP contribution in [-0.4, -0.2) is 30.7 Å². The highest BCUT2D eigenvalue weighted by atomic mass is 16.7. The van der Waals surface area contributed by atoms with E-state index in [9.17, 15) is 4.79 Å². The lowest BCUT2D eigenvalue weighted by Crippen LogP contribution is -2.20. The van der Waals surface area contributed by atoms with E-state index in [4.69, 9.17) is 19.4 Å². The molecule has 1 aromatic carbocycles. The Morgan fingerprint density at radius 1 is 1.41 bits per heavy atom. The second kappa shape index (κ2) is 5.51. The molecule has 1 heterocycles. The number of nitrogens with one attached hydrogen (secondary N) is 1. The van der Waals surface area contributed by atoms with Gasteiger partial charge in [-0.2, -0.15) is 0 Å². The highest BCUT2D eigenvalue weighted by Crippen LogP contribution is 2.16. The van der Waals surface area contributed by atoms with Gasteiger partial charge in [0.05, 0.1) is 18.9 Å². The van der Waals surface area contributed by atoms with Gasteiger partial charge in [0, 0.05) is 6.42 Å². The number of carbonyl (C=O) groups is 1. The number of rotatable bonds is 3. The Hall–Kier alpha value is -1.79. The van der Waals surface area contributed by atoms with Gasteiger partial charge in [0.25, 0.3) is 0 Å². The Kier molecular flexibility index (Phi) is 3.79. The molecule has 2 N–H and O–H groups in total. The van der Waals surface area contributed by atoms with Gasteiger partial charge in [-0.15, -0.1) is 0 Å². The zero-order chi connectivity index (χ0) is 12.1. The van der Waals surface area contributed by atoms with Gasteiger partial charge in [0.1, 0.15) is 11.9 Å². The average molecular weight is 239 g/mol. The molecule has 6 heteroatoms. The van der Waals surface area contributed by atoms with Crippen molar-refractivity contribution in [3.05, 3.63) is 24.3 Å². The topological polar surface area (TPSA) is 77.0 Å². The maximum absolute atomic E-state index is 11.4. The molecule has 0 spiro atoms. The van der Waals surface area contributed by atoms with Crippen LogP contribution >= 0.6 is 0 Å². The molecular formula is C11H13NO5. The normalized spacial score (nSPS) is 18.8. The van der Waals surface area contributed by atoms with Crippen LogP contribution in [0.4, 0.5) is 10.5 Å². The first-order valence-electron chi connectivity index (χ1n) is 5.24. The molecular weight excluding hydrogens is 226 g/mol. The lowest BCUT2D eigenvalue weighted by molar-refractivity contribution is 0.0507. The minimum Gasteiger partial charge on any atom is -0.428 e. The van der Waals surface area contributed by atoms with Gasteiger partial charge < -0.3 is 14.2 Å². The number of hydrogen-bond acceptors (Lipinski definition) is 6. The first-order chi connectivity index (χ1) is 8.28. The van der Waals surface area contributed by atoms with Crippen molar-refractivity contribution in [1.29, 1.82) is 0 Å². The lowest BCUT2D eigenvalue weighted by atomic mass is 10.3. The summed E-state index contributed by atoms with van der Waals surface area (Å²) in [6, 6.07) is 6.23. The molecule has 0 aliphatic carbocycles. The van der Waals surface area contributed by atoms with Crippen molar-refractivity contribution in [2.75, 3.05) is 18.7 Å². The molecule has 92 valence electrons. The van der Waals surface area contributed by atoms with E-state index in [1.54, 1.807) is 24.3 Å². The fourth-order valence-electron chi connectivity index (χ4n) is 1.46. The summed E-state index contributed by atoms with van der Waals surface area (Å²) in [4.78, 5) is 11.4. The lowest BCUT2D eigenvalue weighted by Gasteiger charge is -2.10. The van der Waals surface area contributed by atoms with Gasteiger partial charge in [-0.25, -0.2) is 4.79 Å². The molecule has 1 fully saturated rings. The molecule has 1 unspecified atom stereocenters. The van der Waals surface area contributed by atoms with Crippen molar-refractivity contribution in [2.24, 2.45) is 0 Å². The number of hydrogen-bond donors (Lipinski definition) is 2. The van der Waals surface area contributed by atoms with E-state index in [0.717, 1.165) is 0 Å². The molecule has 1 saturated heterocycles. The predicted molar refractivity (Wildman–Crippen MR) is 58.2 cm³/mol. The standard InChI is InChI=1S/C11H13NO5/c13-11(17-10-5-6-15-7-10)16-9-3-1-8(12-14)2-4-9/h1-4,10,12,14H,5-7H2. The van der Waals surface area contributed by atoms with E-state index in [-0.39, 0.29) is 6.10 Å². The summed E-state index contributed by atoms with van der Waals surface area (Å²) in [5, 5.41) is 8.60. The third-order valence-electron chi connectivity index (χ3n) is 2.34. The summed E-state index contributed by atoms with van der Waals surface area (Å²) in [7, 11) is 0. The monoisotopic (exact) mass is 239 g/mol. The Bertz CT molecular complexity index is 372. The second-order valence-electron chi connectivity index (χ2n) is 3.59. The van der Waals surface area contributed by atoms with Crippen LogP contribution in [-0.2, 0) is 9.47 Å². The van der Waals surface area contributed by atoms with Gasteiger partial charge in [-0.3, -0.25) is 10.7 Å². The fraction of sp³-hybridized carbons (Fsp3) is 0.364. The van der Waals surface area contributed by atoms with E-state index >= 15 is 0 Å². The third-order valence-corrected chi connectivity index (χ3v) is 2.34. The molecule has 0 aromatic heterocycles. The number of carbonyl (C=O) groups excluding carboxylic acids is 1. The summed E-state index contributed by atoms with van der Waals surface area (Å²) >= 11 is 0. The van der Waals surface area contributed by atoms with E-state index in [0.29, 0.717) is 31.1 Å². The summed E-state index contributed by atoms with van der Waals surface area (Å²) < 4.78 is 15.0. The first kappa shape index (κ1) is 11.7. The molecule has 0 saturated carbocycles. The van der Waals surface area contributed by atoms with E-state index < -0.39 is 6.16 Å². The Morgan fingerprint density at radius 3 is 2.76 bits per heavy atom. The molecule has 1 aromatic rings. The molecule has 1 aliphatic rings. The SMILES string of the molecule is O=C(Oc1ccc(NO)cc1)OC1CCOC1. The maximum Gasteiger partial charge on any atom is 0.514 e. The van der Waals surface area contributed by atoms with Crippen LogP contribution in [0.3, 0.4) is 0 Å². The number of benzene rings is 1. The minimum absolute atomic E-state index is 0.221. The van der Waals surface area contributed by atoms with E-state index in [1.165, 1.54) is 0 Å². The van der Waals surface area contributed by atoms with Crippen molar-refractivity contribution in [1.82, 2.24) is 0 Å². The third kappa shape index (κ3) is 3.33. The largest absolute Gasteiger partial charge is 0.514 e. The molecule has 0 bridgehead atoms. The zero-order valence-corrected chi connectivity index (χ0v) is 9.09. The van der Waals surface area contributed by atoms with Gasteiger partial charge in [0.15, 0.2) is 0 Å². The van der Waals surface area contributed by atoms with Gasteiger partial charge in [0.2, 0.25) is 0 Å². The molecule has 0 radical (unpaired) electrons. The van der Waals surface area contributed by atoms with Gasteiger partial charge in [-0.05, 0) is 24.3 Å². The summed E-state index contributed by atoms with van der Waals surface area (Å²) in [6.45, 7) is 1.03. The highest BCUT2D eigenvalue weighted by molar-refractivity contribution is 5.64. The van der Waals surface area contributed by atoms with Crippen LogP contribution in [0.1, 0.15) is 6.42 Å².